The standard InChI is InChI=1S/C16H15F2NO5S/c1-25(21,22)19-15(20)11-6-4-7-13(9-11)23-10-12-5-2-3-8-14(12)24-16(17)18/h2-9,16H,10H2,1H3,(H,19,20). The van der Waals surface area contributed by atoms with Crippen molar-refractivity contribution >= 4 is 15.9 Å². The van der Waals surface area contributed by atoms with Crippen LogP contribution >= 0.6 is 0 Å². The first-order chi connectivity index (χ1) is 11.7. The van der Waals surface area contributed by atoms with Gasteiger partial charge in [-0.05, 0) is 24.3 Å². The minimum absolute atomic E-state index is 0.0107. The Bertz CT molecular complexity index is 855. The van der Waals surface area contributed by atoms with E-state index in [0.717, 1.165) is 6.26 Å². The first-order valence-corrected chi connectivity index (χ1v) is 8.91. The van der Waals surface area contributed by atoms with Crippen molar-refractivity contribution in [1.82, 2.24) is 4.72 Å². The van der Waals surface area contributed by atoms with E-state index in [1.807, 2.05) is 4.72 Å². The second-order valence-corrected chi connectivity index (χ2v) is 6.75. The van der Waals surface area contributed by atoms with Gasteiger partial charge in [0.2, 0.25) is 10.0 Å². The van der Waals surface area contributed by atoms with Gasteiger partial charge in [0.25, 0.3) is 5.91 Å². The largest absolute Gasteiger partial charge is 0.489 e. The molecule has 1 amide bonds. The minimum Gasteiger partial charge on any atom is -0.489 e. The molecule has 0 atom stereocenters. The highest BCUT2D eigenvalue weighted by molar-refractivity contribution is 7.89. The molecule has 0 aliphatic carbocycles. The Hall–Kier alpha value is -2.68. The van der Waals surface area contributed by atoms with Gasteiger partial charge in [-0.3, -0.25) is 4.79 Å². The van der Waals surface area contributed by atoms with Gasteiger partial charge in [-0.2, -0.15) is 8.78 Å². The summed E-state index contributed by atoms with van der Waals surface area (Å²) in [5.41, 5.74) is 0.480. The number of sulfonamides is 1. The Balaban J connectivity index is 2.10. The molecule has 2 aromatic rings. The molecular formula is C16H15F2NO5S. The number of hydrogen-bond acceptors (Lipinski definition) is 5. The van der Waals surface area contributed by atoms with Gasteiger partial charge in [-0.15, -0.1) is 0 Å². The number of carbonyl (C=O) groups excluding carboxylic acids is 1. The summed E-state index contributed by atoms with van der Waals surface area (Å²) in [7, 11) is -3.68. The van der Waals surface area contributed by atoms with Crippen LogP contribution in [0.3, 0.4) is 0 Å². The lowest BCUT2D eigenvalue weighted by Gasteiger charge is -2.12. The van der Waals surface area contributed by atoms with Gasteiger partial charge >= 0.3 is 6.61 Å². The fraction of sp³-hybridized carbons (Fsp3) is 0.188. The normalized spacial score (nSPS) is 11.2. The van der Waals surface area contributed by atoms with E-state index in [1.165, 1.54) is 24.3 Å². The zero-order valence-corrected chi connectivity index (χ0v) is 13.9. The fourth-order valence-electron chi connectivity index (χ4n) is 1.95. The van der Waals surface area contributed by atoms with Crippen molar-refractivity contribution in [2.24, 2.45) is 0 Å². The van der Waals surface area contributed by atoms with Crippen LogP contribution in [0.15, 0.2) is 48.5 Å². The van der Waals surface area contributed by atoms with Gasteiger partial charge in [0.1, 0.15) is 18.1 Å². The van der Waals surface area contributed by atoms with E-state index in [9.17, 15) is 22.0 Å². The Morgan fingerprint density at radius 3 is 2.56 bits per heavy atom. The van der Waals surface area contributed by atoms with Crippen molar-refractivity contribution in [2.75, 3.05) is 6.26 Å². The molecule has 6 nitrogen and oxygen atoms in total. The highest BCUT2D eigenvalue weighted by Gasteiger charge is 2.13. The SMILES string of the molecule is CS(=O)(=O)NC(=O)c1cccc(OCc2ccccc2OC(F)F)c1. The van der Waals surface area contributed by atoms with Crippen LogP contribution in [0.1, 0.15) is 15.9 Å². The maximum Gasteiger partial charge on any atom is 0.387 e. The Kier molecular flexibility index (Phi) is 5.92. The van der Waals surface area contributed by atoms with E-state index in [2.05, 4.69) is 4.74 Å². The van der Waals surface area contributed by atoms with Crippen molar-refractivity contribution in [3.8, 4) is 11.5 Å². The molecule has 0 saturated carbocycles. The maximum atomic E-state index is 12.4. The smallest absolute Gasteiger partial charge is 0.387 e. The molecular weight excluding hydrogens is 356 g/mol. The average molecular weight is 371 g/mol. The lowest BCUT2D eigenvalue weighted by atomic mass is 10.2. The van der Waals surface area contributed by atoms with Crippen molar-refractivity contribution in [3.63, 3.8) is 0 Å². The Labute approximate surface area is 143 Å². The van der Waals surface area contributed by atoms with E-state index in [0.29, 0.717) is 5.56 Å². The Morgan fingerprint density at radius 2 is 1.88 bits per heavy atom. The number of para-hydroxylation sites is 1. The molecule has 134 valence electrons. The zero-order chi connectivity index (χ0) is 18.4. The maximum absolute atomic E-state index is 12.4. The molecule has 25 heavy (non-hydrogen) atoms. The number of carbonyl (C=O) groups is 1. The quantitative estimate of drug-likeness (QED) is 0.809. The van der Waals surface area contributed by atoms with Crippen molar-refractivity contribution in [3.05, 3.63) is 59.7 Å². The summed E-state index contributed by atoms with van der Waals surface area (Å²) < 4.78 is 58.7. The van der Waals surface area contributed by atoms with Crippen LogP contribution in [0.5, 0.6) is 11.5 Å². The highest BCUT2D eigenvalue weighted by atomic mass is 32.2. The molecule has 2 rings (SSSR count). The predicted octanol–water partition coefficient (Wildman–Crippen LogP) is 2.56. The van der Waals surface area contributed by atoms with Crippen LogP contribution in [0.4, 0.5) is 8.78 Å². The molecule has 0 spiro atoms. The first kappa shape index (κ1) is 18.7. The molecule has 0 aliphatic heterocycles. The molecule has 0 fully saturated rings. The number of benzene rings is 2. The molecule has 0 bridgehead atoms. The highest BCUT2D eigenvalue weighted by Crippen LogP contribution is 2.23. The molecule has 0 saturated heterocycles. The summed E-state index contributed by atoms with van der Waals surface area (Å²) in [6.07, 6.45) is 0.866. The zero-order valence-electron chi connectivity index (χ0n) is 13.1. The summed E-state index contributed by atoms with van der Waals surface area (Å²) in [4.78, 5) is 11.8. The van der Waals surface area contributed by atoms with Crippen LogP contribution in [0.25, 0.3) is 0 Å². The summed E-state index contributed by atoms with van der Waals surface area (Å²) in [6.45, 7) is -3.02. The van der Waals surface area contributed by atoms with Crippen LogP contribution in [-0.2, 0) is 16.6 Å². The van der Waals surface area contributed by atoms with Crippen LogP contribution in [0.2, 0.25) is 0 Å². The topological polar surface area (TPSA) is 81.7 Å². The lowest BCUT2D eigenvalue weighted by Crippen LogP contribution is -2.29. The van der Waals surface area contributed by atoms with Crippen LogP contribution < -0.4 is 14.2 Å². The first-order valence-electron chi connectivity index (χ1n) is 7.02. The van der Waals surface area contributed by atoms with Gasteiger partial charge in [0, 0.05) is 11.1 Å². The molecule has 0 radical (unpaired) electrons. The fourth-order valence-corrected chi connectivity index (χ4v) is 2.40. The lowest BCUT2D eigenvalue weighted by molar-refractivity contribution is -0.0508. The summed E-state index contributed by atoms with van der Waals surface area (Å²) in [6, 6.07) is 12.0. The Morgan fingerprint density at radius 1 is 1.16 bits per heavy atom. The molecule has 9 heteroatoms. The van der Waals surface area contributed by atoms with Crippen molar-refractivity contribution < 1.29 is 31.5 Å². The molecule has 0 heterocycles. The number of hydrogen-bond donors (Lipinski definition) is 1. The average Bonchev–Trinajstić information content (AvgIpc) is 2.52. The third-order valence-corrected chi connectivity index (χ3v) is 3.51. The molecule has 0 aliphatic rings. The summed E-state index contributed by atoms with van der Waals surface area (Å²) >= 11 is 0. The number of ether oxygens (including phenoxy) is 2. The second-order valence-electron chi connectivity index (χ2n) is 5.01. The number of halogens is 2. The van der Waals surface area contributed by atoms with E-state index in [4.69, 9.17) is 4.74 Å². The number of rotatable bonds is 7. The second kappa shape index (κ2) is 7.93. The van der Waals surface area contributed by atoms with E-state index >= 15 is 0 Å². The van der Waals surface area contributed by atoms with Crippen molar-refractivity contribution in [1.29, 1.82) is 0 Å². The number of amides is 1. The molecule has 0 unspecified atom stereocenters. The molecule has 0 aromatic heterocycles. The van der Waals surface area contributed by atoms with Gasteiger partial charge in [0.15, 0.2) is 0 Å². The van der Waals surface area contributed by atoms with Crippen LogP contribution in [-0.4, -0.2) is 27.2 Å². The third-order valence-electron chi connectivity index (χ3n) is 2.96. The van der Waals surface area contributed by atoms with Crippen molar-refractivity contribution in [2.45, 2.75) is 13.2 Å². The minimum atomic E-state index is -3.68. The molecule has 1 N–H and O–H groups in total. The van der Waals surface area contributed by atoms with E-state index < -0.39 is 22.5 Å². The van der Waals surface area contributed by atoms with Gasteiger partial charge in [-0.1, -0.05) is 24.3 Å². The van der Waals surface area contributed by atoms with Gasteiger partial charge < -0.3 is 9.47 Å². The molecule has 2 aromatic carbocycles. The monoisotopic (exact) mass is 371 g/mol. The van der Waals surface area contributed by atoms with Gasteiger partial charge in [0.05, 0.1) is 6.26 Å². The third kappa shape index (κ3) is 6.03. The number of alkyl halides is 2. The predicted molar refractivity (Wildman–Crippen MR) is 86.2 cm³/mol. The summed E-state index contributed by atoms with van der Waals surface area (Å²) in [5.74, 6) is -0.536. The number of nitrogens with one attached hydrogen (secondary N) is 1. The van der Waals surface area contributed by atoms with Crippen LogP contribution in [0, 0.1) is 0 Å². The van der Waals surface area contributed by atoms with E-state index in [1.54, 1.807) is 24.3 Å². The van der Waals surface area contributed by atoms with Gasteiger partial charge in [-0.25, -0.2) is 13.1 Å². The van der Waals surface area contributed by atoms with E-state index in [-0.39, 0.29) is 23.7 Å². The summed E-state index contributed by atoms with van der Waals surface area (Å²) in [5, 5.41) is 0.